The highest BCUT2D eigenvalue weighted by molar-refractivity contribution is 9.10. The number of hydrogen-bond donors (Lipinski definition) is 1. The summed E-state index contributed by atoms with van der Waals surface area (Å²) in [7, 11) is 0. The first-order valence-corrected chi connectivity index (χ1v) is 7.16. The Morgan fingerprint density at radius 2 is 1.89 bits per heavy atom. The lowest BCUT2D eigenvalue weighted by Crippen LogP contribution is -2.14. The van der Waals surface area contributed by atoms with Gasteiger partial charge < -0.3 is 5.73 Å². The molecule has 0 aliphatic heterocycles. The third-order valence-electron chi connectivity index (χ3n) is 2.80. The molecule has 1 unspecified atom stereocenters. The van der Waals surface area contributed by atoms with Crippen molar-refractivity contribution in [3.8, 4) is 0 Å². The number of nitrogens with two attached hydrogens (primary N) is 1. The molecular formula is C14H11BrCl2FN. The molecule has 2 rings (SSSR count). The molecule has 1 nitrogen and oxygen atoms in total. The van der Waals surface area contributed by atoms with E-state index in [2.05, 4.69) is 15.9 Å². The van der Waals surface area contributed by atoms with Gasteiger partial charge in [-0.3, -0.25) is 0 Å². The molecule has 2 N–H and O–H groups in total. The highest BCUT2D eigenvalue weighted by Gasteiger charge is 2.12. The predicted molar refractivity (Wildman–Crippen MR) is 81.2 cm³/mol. The molecule has 0 saturated carbocycles. The fraction of sp³-hybridized carbons (Fsp3) is 0.143. The molecule has 0 saturated heterocycles. The Morgan fingerprint density at radius 3 is 2.58 bits per heavy atom. The van der Waals surface area contributed by atoms with Crippen molar-refractivity contribution in [2.75, 3.05) is 0 Å². The standard InChI is InChI=1S/C14H11BrCl2FN/c15-11-3-2-9(16)7-10(11)14(19)6-8-1-4-12(17)13(18)5-8/h1-5,7,14H,6,19H2. The van der Waals surface area contributed by atoms with Gasteiger partial charge in [-0.05, 0) is 47.9 Å². The fourth-order valence-electron chi connectivity index (χ4n) is 1.83. The molecule has 100 valence electrons. The summed E-state index contributed by atoms with van der Waals surface area (Å²) in [6, 6.07) is 9.87. The number of hydrogen-bond acceptors (Lipinski definition) is 1. The van der Waals surface area contributed by atoms with Crippen LogP contribution in [0.25, 0.3) is 0 Å². The molecule has 0 heterocycles. The summed E-state index contributed by atoms with van der Waals surface area (Å²) in [5.74, 6) is -0.434. The van der Waals surface area contributed by atoms with E-state index in [1.54, 1.807) is 12.1 Å². The van der Waals surface area contributed by atoms with Crippen molar-refractivity contribution in [2.45, 2.75) is 12.5 Å². The molecule has 0 bridgehead atoms. The number of halogens is 4. The fourth-order valence-corrected chi connectivity index (χ4v) is 2.67. The van der Waals surface area contributed by atoms with Crippen LogP contribution in [-0.2, 0) is 6.42 Å². The molecule has 0 aliphatic carbocycles. The molecule has 1 atom stereocenters. The average molecular weight is 363 g/mol. The van der Waals surface area contributed by atoms with Crippen LogP contribution in [0.4, 0.5) is 4.39 Å². The van der Waals surface area contributed by atoms with Crippen LogP contribution < -0.4 is 5.73 Å². The second kappa shape index (κ2) is 6.23. The zero-order chi connectivity index (χ0) is 14.0. The van der Waals surface area contributed by atoms with Crippen molar-refractivity contribution < 1.29 is 4.39 Å². The SMILES string of the molecule is NC(Cc1ccc(Cl)c(F)c1)c1cc(Cl)ccc1Br. The summed E-state index contributed by atoms with van der Waals surface area (Å²) in [6.07, 6.45) is 0.507. The van der Waals surface area contributed by atoms with E-state index in [4.69, 9.17) is 28.9 Å². The molecule has 0 aliphatic rings. The van der Waals surface area contributed by atoms with Crippen LogP contribution >= 0.6 is 39.1 Å². The normalized spacial score (nSPS) is 12.5. The van der Waals surface area contributed by atoms with Crippen LogP contribution in [0.2, 0.25) is 10.0 Å². The maximum absolute atomic E-state index is 13.4. The molecular weight excluding hydrogens is 352 g/mol. The minimum Gasteiger partial charge on any atom is -0.324 e. The largest absolute Gasteiger partial charge is 0.324 e. The molecule has 2 aromatic rings. The highest BCUT2D eigenvalue weighted by Crippen LogP contribution is 2.28. The van der Waals surface area contributed by atoms with E-state index in [1.165, 1.54) is 12.1 Å². The van der Waals surface area contributed by atoms with Crippen molar-refractivity contribution in [3.63, 3.8) is 0 Å². The van der Waals surface area contributed by atoms with Gasteiger partial charge in [0.1, 0.15) is 5.82 Å². The summed E-state index contributed by atoms with van der Waals surface area (Å²) >= 11 is 15.0. The summed E-state index contributed by atoms with van der Waals surface area (Å²) in [5, 5.41) is 0.734. The van der Waals surface area contributed by atoms with Crippen LogP contribution in [0.3, 0.4) is 0 Å². The summed E-state index contributed by atoms with van der Waals surface area (Å²) in [5.41, 5.74) is 7.83. The van der Waals surface area contributed by atoms with E-state index in [0.29, 0.717) is 11.4 Å². The predicted octanol–water partition coefficient (Wildman–Crippen LogP) is 5.14. The maximum atomic E-state index is 13.4. The Balaban J connectivity index is 2.22. The van der Waals surface area contributed by atoms with Crippen molar-refractivity contribution in [2.24, 2.45) is 5.73 Å². The van der Waals surface area contributed by atoms with Crippen molar-refractivity contribution in [1.82, 2.24) is 0 Å². The van der Waals surface area contributed by atoms with Crippen molar-refractivity contribution in [1.29, 1.82) is 0 Å². The average Bonchev–Trinajstić information content (AvgIpc) is 2.36. The van der Waals surface area contributed by atoms with E-state index < -0.39 is 5.82 Å². The minimum absolute atomic E-state index is 0.112. The van der Waals surface area contributed by atoms with Gasteiger partial charge in [0.15, 0.2) is 0 Å². The summed E-state index contributed by atoms with van der Waals surface area (Å²) in [6.45, 7) is 0. The van der Waals surface area contributed by atoms with Gasteiger partial charge in [-0.2, -0.15) is 0 Å². The molecule has 5 heteroatoms. The Morgan fingerprint density at radius 1 is 1.16 bits per heavy atom. The number of benzene rings is 2. The first-order chi connectivity index (χ1) is 8.97. The van der Waals surface area contributed by atoms with Crippen LogP contribution in [0.5, 0.6) is 0 Å². The third kappa shape index (κ3) is 3.69. The van der Waals surface area contributed by atoms with E-state index in [-0.39, 0.29) is 11.1 Å². The lowest BCUT2D eigenvalue weighted by molar-refractivity contribution is 0.622. The van der Waals surface area contributed by atoms with Gasteiger partial charge in [0.2, 0.25) is 0 Å². The van der Waals surface area contributed by atoms with Gasteiger partial charge in [-0.1, -0.05) is 45.2 Å². The molecule has 0 radical (unpaired) electrons. The van der Waals surface area contributed by atoms with Gasteiger partial charge in [-0.25, -0.2) is 4.39 Å². The van der Waals surface area contributed by atoms with Crippen molar-refractivity contribution >= 4 is 39.1 Å². The first kappa shape index (κ1) is 14.8. The lowest BCUT2D eigenvalue weighted by Gasteiger charge is -2.14. The van der Waals surface area contributed by atoms with Gasteiger partial charge >= 0.3 is 0 Å². The van der Waals surface area contributed by atoms with Crippen LogP contribution in [0.15, 0.2) is 40.9 Å². The quantitative estimate of drug-likeness (QED) is 0.803. The molecule has 19 heavy (non-hydrogen) atoms. The Bertz CT molecular complexity index is 604. The van der Waals surface area contributed by atoms with Gasteiger partial charge in [0.05, 0.1) is 5.02 Å². The second-order valence-corrected chi connectivity index (χ2v) is 5.92. The van der Waals surface area contributed by atoms with Crippen LogP contribution in [0.1, 0.15) is 17.2 Å². The zero-order valence-corrected chi connectivity index (χ0v) is 12.9. The van der Waals surface area contributed by atoms with Gasteiger partial charge in [0, 0.05) is 15.5 Å². The molecule has 0 amide bonds. The smallest absolute Gasteiger partial charge is 0.142 e. The molecule has 2 aromatic carbocycles. The monoisotopic (exact) mass is 361 g/mol. The van der Waals surface area contributed by atoms with Crippen molar-refractivity contribution in [3.05, 3.63) is 67.9 Å². The maximum Gasteiger partial charge on any atom is 0.142 e. The van der Waals surface area contributed by atoms with Gasteiger partial charge in [0.25, 0.3) is 0 Å². The molecule has 0 aromatic heterocycles. The van der Waals surface area contributed by atoms with Crippen LogP contribution in [0, 0.1) is 5.82 Å². The second-order valence-electron chi connectivity index (χ2n) is 4.22. The summed E-state index contributed by atoms with van der Waals surface area (Å²) in [4.78, 5) is 0. The Labute approximate surface area is 129 Å². The Kier molecular flexibility index (Phi) is 4.85. The Hall–Kier alpha value is -0.610. The minimum atomic E-state index is -0.434. The van der Waals surface area contributed by atoms with E-state index in [1.807, 2.05) is 12.1 Å². The van der Waals surface area contributed by atoms with E-state index in [9.17, 15) is 4.39 Å². The third-order valence-corrected chi connectivity index (χ3v) is 4.06. The van der Waals surface area contributed by atoms with E-state index in [0.717, 1.165) is 15.6 Å². The lowest BCUT2D eigenvalue weighted by atomic mass is 10.00. The van der Waals surface area contributed by atoms with Gasteiger partial charge in [-0.15, -0.1) is 0 Å². The molecule has 0 spiro atoms. The van der Waals surface area contributed by atoms with E-state index >= 15 is 0 Å². The molecule has 0 fully saturated rings. The van der Waals surface area contributed by atoms with Crippen LogP contribution in [-0.4, -0.2) is 0 Å². The summed E-state index contributed by atoms with van der Waals surface area (Å²) < 4.78 is 14.3. The zero-order valence-electron chi connectivity index (χ0n) is 9.84. The number of rotatable bonds is 3. The topological polar surface area (TPSA) is 26.0 Å². The first-order valence-electron chi connectivity index (χ1n) is 5.62. The highest BCUT2D eigenvalue weighted by atomic mass is 79.9.